The molecule has 0 spiro atoms. The molecule has 2 aliphatic rings. The van der Waals surface area contributed by atoms with E-state index in [-0.39, 0.29) is 5.91 Å². The summed E-state index contributed by atoms with van der Waals surface area (Å²) in [5.74, 6) is 0.337. The fourth-order valence-corrected chi connectivity index (χ4v) is 4.11. The van der Waals surface area contributed by atoms with Gasteiger partial charge >= 0.3 is 0 Å². The summed E-state index contributed by atoms with van der Waals surface area (Å²) in [6.45, 7) is 6.00. The molecule has 7 nitrogen and oxygen atoms in total. The highest BCUT2D eigenvalue weighted by atomic mass is 16.5. The quantitative estimate of drug-likeness (QED) is 0.878. The van der Waals surface area contributed by atoms with Crippen molar-refractivity contribution >= 4 is 5.91 Å². The van der Waals surface area contributed by atoms with Crippen LogP contribution in [0.25, 0.3) is 11.4 Å². The number of rotatable bonds is 4. The SMILES string of the molecule is O=C(c1cc(-c2ccccn2)n[nH]1)N1CCOCC(CN2CCCCCC2)C1. The monoisotopic (exact) mass is 383 g/mol. The van der Waals surface area contributed by atoms with Gasteiger partial charge in [-0.15, -0.1) is 0 Å². The van der Waals surface area contributed by atoms with Crippen molar-refractivity contribution in [2.24, 2.45) is 5.92 Å². The van der Waals surface area contributed by atoms with Crippen LogP contribution in [-0.4, -0.2) is 76.8 Å². The normalized spacial score (nSPS) is 21.9. The van der Waals surface area contributed by atoms with Crippen LogP contribution in [0.5, 0.6) is 0 Å². The largest absolute Gasteiger partial charge is 0.379 e. The number of likely N-dealkylation sites (tertiary alicyclic amines) is 1. The second-order valence-corrected chi connectivity index (χ2v) is 7.79. The standard InChI is InChI=1S/C21H29N5O2/c27-21(20-13-19(23-24-20)18-7-3-4-8-22-18)26-11-12-28-16-17(15-26)14-25-9-5-1-2-6-10-25/h3-4,7-8,13,17H,1-2,5-6,9-12,14-16H2,(H,23,24). The topological polar surface area (TPSA) is 74.3 Å². The first-order valence-corrected chi connectivity index (χ1v) is 10.4. The van der Waals surface area contributed by atoms with Crippen molar-refractivity contribution in [2.45, 2.75) is 25.7 Å². The van der Waals surface area contributed by atoms with Crippen LogP contribution in [0, 0.1) is 5.92 Å². The minimum absolute atomic E-state index is 0.0129. The minimum Gasteiger partial charge on any atom is -0.379 e. The number of nitrogens with zero attached hydrogens (tertiary/aromatic N) is 4. The van der Waals surface area contributed by atoms with Crippen molar-refractivity contribution in [3.8, 4) is 11.4 Å². The summed E-state index contributed by atoms with van der Waals surface area (Å²) in [7, 11) is 0. The van der Waals surface area contributed by atoms with E-state index < -0.39 is 0 Å². The molecule has 28 heavy (non-hydrogen) atoms. The molecule has 2 aliphatic heterocycles. The average Bonchev–Trinajstić information content (AvgIpc) is 2.92. The Morgan fingerprint density at radius 2 is 2.00 bits per heavy atom. The summed E-state index contributed by atoms with van der Waals surface area (Å²) in [4.78, 5) is 21.8. The molecular weight excluding hydrogens is 354 g/mol. The van der Waals surface area contributed by atoms with Gasteiger partial charge in [0.05, 0.1) is 18.9 Å². The molecule has 7 heteroatoms. The molecule has 1 N–H and O–H groups in total. The third-order valence-corrected chi connectivity index (χ3v) is 5.58. The fourth-order valence-electron chi connectivity index (χ4n) is 4.11. The van der Waals surface area contributed by atoms with Gasteiger partial charge < -0.3 is 14.5 Å². The number of aromatic amines is 1. The predicted molar refractivity (Wildman–Crippen MR) is 107 cm³/mol. The third-order valence-electron chi connectivity index (χ3n) is 5.58. The number of aromatic nitrogens is 3. The maximum absolute atomic E-state index is 13.1. The molecule has 2 aromatic heterocycles. The molecule has 0 saturated carbocycles. The van der Waals surface area contributed by atoms with Crippen molar-refractivity contribution in [1.82, 2.24) is 25.0 Å². The number of nitrogens with one attached hydrogen (secondary N) is 1. The number of ether oxygens (including phenoxy) is 1. The van der Waals surface area contributed by atoms with Crippen LogP contribution in [0.4, 0.5) is 0 Å². The van der Waals surface area contributed by atoms with E-state index in [0.717, 1.165) is 25.4 Å². The Kier molecular flexibility index (Phi) is 6.34. The Labute approximate surface area is 166 Å². The third kappa shape index (κ3) is 4.77. The molecule has 2 saturated heterocycles. The fraction of sp³-hybridized carbons (Fsp3) is 0.571. The van der Waals surface area contributed by atoms with Gasteiger partial charge in [-0.05, 0) is 44.1 Å². The van der Waals surface area contributed by atoms with E-state index in [1.165, 1.54) is 38.8 Å². The van der Waals surface area contributed by atoms with Crippen molar-refractivity contribution in [1.29, 1.82) is 0 Å². The molecule has 0 bridgehead atoms. The Morgan fingerprint density at radius 1 is 1.14 bits per heavy atom. The Hall–Kier alpha value is -2.25. The smallest absolute Gasteiger partial charge is 0.271 e. The Bertz CT molecular complexity index is 755. The maximum Gasteiger partial charge on any atom is 0.271 e. The summed E-state index contributed by atoms with van der Waals surface area (Å²) in [5.41, 5.74) is 1.96. The molecule has 1 unspecified atom stereocenters. The molecular formula is C21H29N5O2. The van der Waals surface area contributed by atoms with Crippen LogP contribution in [0.1, 0.15) is 36.2 Å². The van der Waals surface area contributed by atoms with E-state index in [9.17, 15) is 4.79 Å². The van der Waals surface area contributed by atoms with Crippen LogP contribution in [0.2, 0.25) is 0 Å². The van der Waals surface area contributed by atoms with Crippen LogP contribution >= 0.6 is 0 Å². The molecule has 1 atom stereocenters. The highest BCUT2D eigenvalue weighted by Crippen LogP contribution is 2.18. The lowest BCUT2D eigenvalue weighted by Crippen LogP contribution is -2.40. The minimum atomic E-state index is -0.0129. The van der Waals surface area contributed by atoms with Crippen molar-refractivity contribution in [3.05, 3.63) is 36.2 Å². The van der Waals surface area contributed by atoms with Gasteiger partial charge in [0, 0.05) is 31.7 Å². The highest BCUT2D eigenvalue weighted by molar-refractivity contribution is 5.93. The number of H-pyrrole nitrogens is 1. The van der Waals surface area contributed by atoms with Gasteiger partial charge in [-0.2, -0.15) is 5.10 Å². The lowest BCUT2D eigenvalue weighted by Gasteiger charge is -2.28. The van der Waals surface area contributed by atoms with Gasteiger partial charge in [-0.3, -0.25) is 14.9 Å². The van der Waals surface area contributed by atoms with E-state index in [4.69, 9.17) is 4.74 Å². The van der Waals surface area contributed by atoms with Crippen molar-refractivity contribution in [3.63, 3.8) is 0 Å². The van der Waals surface area contributed by atoms with Gasteiger partial charge in [0.25, 0.3) is 5.91 Å². The number of carbonyl (C=O) groups excluding carboxylic acids is 1. The summed E-state index contributed by atoms with van der Waals surface area (Å²) >= 11 is 0. The van der Waals surface area contributed by atoms with E-state index in [2.05, 4.69) is 20.1 Å². The second-order valence-electron chi connectivity index (χ2n) is 7.79. The number of amides is 1. The molecule has 4 rings (SSSR count). The first-order chi connectivity index (χ1) is 13.8. The van der Waals surface area contributed by atoms with Crippen LogP contribution in [-0.2, 0) is 4.74 Å². The number of hydrogen-bond acceptors (Lipinski definition) is 5. The molecule has 2 fully saturated rings. The average molecular weight is 383 g/mol. The molecule has 0 aromatic carbocycles. The summed E-state index contributed by atoms with van der Waals surface area (Å²) in [6.07, 6.45) is 6.95. The highest BCUT2D eigenvalue weighted by Gasteiger charge is 2.26. The Balaban J connectivity index is 1.41. The first kappa shape index (κ1) is 19.1. The molecule has 2 aromatic rings. The number of pyridine rings is 1. The molecule has 0 aliphatic carbocycles. The van der Waals surface area contributed by atoms with Crippen molar-refractivity contribution in [2.75, 3.05) is 45.9 Å². The Morgan fingerprint density at radius 3 is 2.79 bits per heavy atom. The summed E-state index contributed by atoms with van der Waals surface area (Å²) in [6, 6.07) is 7.46. The lowest BCUT2D eigenvalue weighted by molar-refractivity contribution is 0.0726. The lowest BCUT2D eigenvalue weighted by atomic mass is 10.1. The number of carbonyl (C=O) groups is 1. The summed E-state index contributed by atoms with van der Waals surface area (Å²) < 4.78 is 5.81. The predicted octanol–water partition coefficient (Wildman–Crippen LogP) is 2.44. The maximum atomic E-state index is 13.1. The van der Waals surface area contributed by atoms with E-state index >= 15 is 0 Å². The van der Waals surface area contributed by atoms with E-state index in [1.807, 2.05) is 23.1 Å². The van der Waals surface area contributed by atoms with Gasteiger partial charge in [-0.25, -0.2) is 0 Å². The zero-order valence-corrected chi connectivity index (χ0v) is 16.3. The molecule has 4 heterocycles. The van der Waals surface area contributed by atoms with Gasteiger partial charge in [0.1, 0.15) is 11.4 Å². The number of hydrogen-bond donors (Lipinski definition) is 1. The molecule has 150 valence electrons. The van der Waals surface area contributed by atoms with Gasteiger partial charge in [-0.1, -0.05) is 18.9 Å². The first-order valence-electron chi connectivity index (χ1n) is 10.4. The van der Waals surface area contributed by atoms with Gasteiger partial charge in [0.15, 0.2) is 0 Å². The van der Waals surface area contributed by atoms with Crippen LogP contribution < -0.4 is 0 Å². The van der Waals surface area contributed by atoms with Crippen LogP contribution in [0.3, 0.4) is 0 Å². The van der Waals surface area contributed by atoms with Crippen molar-refractivity contribution < 1.29 is 9.53 Å². The zero-order valence-electron chi connectivity index (χ0n) is 16.3. The molecule has 1 amide bonds. The van der Waals surface area contributed by atoms with E-state index in [0.29, 0.717) is 30.5 Å². The second kappa shape index (κ2) is 9.30. The van der Waals surface area contributed by atoms with Gasteiger partial charge in [0.2, 0.25) is 0 Å². The van der Waals surface area contributed by atoms with E-state index in [1.54, 1.807) is 12.3 Å². The zero-order chi connectivity index (χ0) is 19.2. The molecule has 0 radical (unpaired) electrons. The summed E-state index contributed by atoms with van der Waals surface area (Å²) in [5, 5.41) is 7.17. The van der Waals surface area contributed by atoms with Crippen LogP contribution in [0.15, 0.2) is 30.5 Å².